The first-order valence-corrected chi connectivity index (χ1v) is 5.95. The lowest BCUT2D eigenvalue weighted by Crippen LogP contribution is -2.41. The third-order valence-electron chi connectivity index (χ3n) is 3.21. The number of ether oxygens (including phenoxy) is 1. The SMILES string of the molecule is COC(=O)C1CCCN1C(=O)c1ccc(O)c(O)c1. The van der Waals surface area contributed by atoms with Crippen molar-refractivity contribution in [2.45, 2.75) is 18.9 Å². The number of aromatic hydroxyl groups is 2. The highest BCUT2D eigenvalue weighted by Crippen LogP contribution is 2.27. The lowest BCUT2D eigenvalue weighted by molar-refractivity contribution is -0.145. The van der Waals surface area contributed by atoms with Crippen molar-refractivity contribution in [3.05, 3.63) is 23.8 Å². The normalized spacial score (nSPS) is 18.4. The first-order valence-electron chi connectivity index (χ1n) is 5.95. The van der Waals surface area contributed by atoms with Crippen molar-refractivity contribution in [2.75, 3.05) is 13.7 Å². The Kier molecular flexibility index (Phi) is 3.59. The highest BCUT2D eigenvalue weighted by Gasteiger charge is 2.35. The molecular formula is C13H15NO5. The maximum atomic E-state index is 12.3. The van der Waals surface area contributed by atoms with Gasteiger partial charge in [-0.15, -0.1) is 0 Å². The summed E-state index contributed by atoms with van der Waals surface area (Å²) in [4.78, 5) is 25.3. The molecule has 0 aliphatic carbocycles. The van der Waals surface area contributed by atoms with E-state index in [-0.39, 0.29) is 23.0 Å². The summed E-state index contributed by atoms with van der Waals surface area (Å²) in [6.45, 7) is 0.472. The maximum absolute atomic E-state index is 12.3. The summed E-state index contributed by atoms with van der Waals surface area (Å²) in [6, 6.07) is 3.26. The summed E-state index contributed by atoms with van der Waals surface area (Å²) in [5, 5.41) is 18.6. The fourth-order valence-electron chi connectivity index (χ4n) is 2.21. The first-order chi connectivity index (χ1) is 9.04. The van der Waals surface area contributed by atoms with E-state index in [1.54, 1.807) is 0 Å². The average molecular weight is 265 g/mol. The van der Waals surface area contributed by atoms with Crippen LogP contribution in [0.1, 0.15) is 23.2 Å². The quantitative estimate of drug-likeness (QED) is 0.612. The molecule has 1 aromatic rings. The van der Waals surface area contributed by atoms with Crippen molar-refractivity contribution in [3.8, 4) is 11.5 Å². The fourth-order valence-corrected chi connectivity index (χ4v) is 2.21. The second-order valence-corrected chi connectivity index (χ2v) is 4.38. The summed E-state index contributed by atoms with van der Waals surface area (Å²) in [5.41, 5.74) is 0.228. The number of esters is 1. The fraction of sp³-hybridized carbons (Fsp3) is 0.385. The van der Waals surface area contributed by atoms with Gasteiger partial charge < -0.3 is 19.8 Å². The number of carbonyl (C=O) groups excluding carboxylic acids is 2. The van der Waals surface area contributed by atoms with E-state index < -0.39 is 12.0 Å². The summed E-state index contributed by atoms with van der Waals surface area (Å²) in [6.07, 6.45) is 1.30. The van der Waals surface area contributed by atoms with Crippen LogP contribution in [0.15, 0.2) is 18.2 Å². The Hall–Kier alpha value is -2.24. The first kappa shape index (κ1) is 13.2. The minimum absolute atomic E-state index is 0.228. The van der Waals surface area contributed by atoms with Gasteiger partial charge in [-0.25, -0.2) is 4.79 Å². The van der Waals surface area contributed by atoms with Gasteiger partial charge in [-0.3, -0.25) is 4.79 Å². The van der Waals surface area contributed by atoms with Gasteiger partial charge in [-0.05, 0) is 31.0 Å². The predicted molar refractivity (Wildman–Crippen MR) is 65.8 cm³/mol. The number of hydrogen-bond donors (Lipinski definition) is 2. The molecule has 1 unspecified atom stereocenters. The Morgan fingerprint density at radius 3 is 2.68 bits per heavy atom. The number of rotatable bonds is 2. The molecule has 1 aliphatic rings. The number of amides is 1. The molecule has 1 saturated heterocycles. The molecule has 0 saturated carbocycles. The van der Waals surface area contributed by atoms with E-state index in [4.69, 9.17) is 0 Å². The molecule has 1 heterocycles. The van der Waals surface area contributed by atoms with Crippen molar-refractivity contribution in [2.24, 2.45) is 0 Å². The van der Waals surface area contributed by atoms with Crippen LogP contribution in [0, 0.1) is 0 Å². The number of nitrogens with zero attached hydrogens (tertiary/aromatic N) is 1. The number of carbonyl (C=O) groups is 2. The van der Waals surface area contributed by atoms with Crippen molar-refractivity contribution in [1.29, 1.82) is 0 Å². The van der Waals surface area contributed by atoms with E-state index in [9.17, 15) is 19.8 Å². The summed E-state index contributed by atoms with van der Waals surface area (Å²) in [5.74, 6) is -1.45. The van der Waals surface area contributed by atoms with Crippen LogP contribution < -0.4 is 0 Å². The second kappa shape index (κ2) is 5.17. The Morgan fingerprint density at radius 2 is 2.05 bits per heavy atom. The molecule has 19 heavy (non-hydrogen) atoms. The number of methoxy groups -OCH3 is 1. The van der Waals surface area contributed by atoms with Crippen molar-refractivity contribution in [1.82, 2.24) is 4.90 Å². The van der Waals surface area contributed by atoms with Crippen LogP contribution in [0.5, 0.6) is 11.5 Å². The predicted octanol–water partition coefficient (Wildman–Crippen LogP) is 0.875. The number of benzene rings is 1. The molecule has 1 aromatic carbocycles. The van der Waals surface area contributed by atoms with E-state index in [0.29, 0.717) is 13.0 Å². The van der Waals surface area contributed by atoms with Crippen LogP contribution in [-0.2, 0) is 9.53 Å². The second-order valence-electron chi connectivity index (χ2n) is 4.38. The van der Waals surface area contributed by atoms with Gasteiger partial charge in [-0.2, -0.15) is 0 Å². The number of likely N-dealkylation sites (tertiary alicyclic amines) is 1. The standard InChI is InChI=1S/C13H15NO5/c1-19-13(18)9-3-2-6-14(9)12(17)8-4-5-10(15)11(16)7-8/h4-5,7,9,15-16H,2-3,6H2,1H3. The molecule has 2 N–H and O–H groups in total. The largest absolute Gasteiger partial charge is 0.504 e. The van der Waals surface area contributed by atoms with Gasteiger partial charge in [-0.1, -0.05) is 0 Å². The lowest BCUT2D eigenvalue weighted by Gasteiger charge is -2.22. The molecule has 2 rings (SSSR count). The molecule has 0 aromatic heterocycles. The summed E-state index contributed by atoms with van der Waals surface area (Å²) in [7, 11) is 1.29. The molecule has 0 spiro atoms. The molecule has 1 amide bonds. The van der Waals surface area contributed by atoms with Crippen molar-refractivity contribution >= 4 is 11.9 Å². The monoisotopic (exact) mass is 265 g/mol. The van der Waals surface area contributed by atoms with Crippen LogP contribution in [0.2, 0.25) is 0 Å². The lowest BCUT2D eigenvalue weighted by atomic mass is 10.1. The van der Waals surface area contributed by atoms with Crippen LogP contribution in [0.3, 0.4) is 0 Å². The third kappa shape index (κ3) is 2.47. The highest BCUT2D eigenvalue weighted by atomic mass is 16.5. The third-order valence-corrected chi connectivity index (χ3v) is 3.21. The van der Waals surface area contributed by atoms with Gasteiger partial charge >= 0.3 is 5.97 Å². The van der Waals surface area contributed by atoms with Crippen molar-refractivity contribution in [3.63, 3.8) is 0 Å². The van der Waals surface area contributed by atoms with Crippen molar-refractivity contribution < 1.29 is 24.5 Å². The zero-order valence-corrected chi connectivity index (χ0v) is 10.5. The molecule has 1 aliphatic heterocycles. The zero-order valence-electron chi connectivity index (χ0n) is 10.5. The summed E-state index contributed by atoms with van der Waals surface area (Å²) < 4.78 is 4.67. The van der Waals surface area contributed by atoms with Gasteiger partial charge in [0.15, 0.2) is 11.5 Å². The smallest absolute Gasteiger partial charge is 0.328 e. The zero-order chi connectivity index (χ0) is 14.0. The number of phenols is 2. The molecule has 0 radical (unpaired) electrons. The van der Waals surface area contributed by atoms with E-state index in [2.05, 4.69) is 4.74 Å². The molecule has 0 bridgehead atoms. The Labute approximate surface area is 110 Å². The summed E-state index contributed by atoms with van der Waals surface area (Å²) >= 11 is 0. The number of hydrogen-bond acceptors (Lipinski definition) is 5. The van der Waals surface area contributed by atoms with Gasteiger partial charge in [0, 0.05) is 12.1 Å². The Morgan fingerprint density at radius 1 is 1.32 bits per heavy atom. The van der Waals surface area contributed by atoms with Crippen LogP contribution in [0.25, 0.3) is 0 Å². The van der Waals surface area contributed by atoms with Gasteiger partial charge in [0.25, 0.3) is 5.91 Å². The minimum Gasteiger partial charge on any atom is -0.504 e. The van der Waals surface area contributed by atoms with Gasteiger partial charge in [0.2, 0.25) is 0 Å². The average Bonchev–Trinajstić information content (AvgIpc) is 2.89. The van der Waals surface area contributed by atoms with E-state index in [1.165, 1.54) is 30.2 Å². The van der Waals surface area contributed by atoms with E-state index in [0.717, 1.165) is 6.42 Å². The van der Waals surface area contributed by atoms with Crippen LogP contribution >= 0.6 is 0 Å². The molecular weight excluding hydrogens is 250 g/mol. The van der Waals surface area contributed by atoms with Crippen LogP contribution in [0.4, 0.5) is 0 Å². The van der Waals surface area contributed by atoms with Gasteiger partial charge in [0.05, 0.1) is 7.11 Å². The van der Waals surface area contributed by atoms with Crippen LogP contribution in [-0.4, -0.2) is 46.7 Å². The molecule has 6 nitrogen and oxygen atoms in total. The van der Waals surface area contributed by atoms with Gasteiger partial charge in [0.1, 0.15) is 6.04 Å². The topological polar surface area (TPSA) is 87.1 Å². The molecule has 1 atom stereocenters. The van der Waals surface area contributed by atoms with E-state index >= 15 is 0 Å². The molecule has 6 heteroatoms. The highest BCUT2D eigenvalue weighted by molar-refractivity contribution is 5.97. The molecule has 102 valence electrons. The maximum Gasteiger partial charge on any atom is 0.328 e. The molecule has 1 fully saturated rings. The Bertz CT molecular complexity index is 514. The minimum atomic E-state index is -0.576. The Balaban J connectivity index is 2.23. The van der Waals surface area contributed by atoms with E-state index in [1.807, 2.05) is 0 Å². The number of phenolic OH excluding ortho intramolecular Hbond substituents is 2.